The van der Waals surface area contributed by atoms with Crippen LogP contribution in [0.25, 0.3) is 54.3 Å². The summed E-state index contributed by atoms with van der Waals surface area (Å²) in [6.45, 7) is 2.08. The largest absolute Gasteiger partial charge is 0.252 e. The lowest BCUT2D eigenvalue weighted by Crippen LogP contribution is -1.90. The van der Waals surface area contributed by atoms with Crippen LogP contribution in [-0.2, 0) is 6.42 Å². The minimum Gasteiger partial charge on any atom is -0.252 e. The summed E-state index contributed by atoms with van der Waals surface area (Å²) in [6, 6.07) is 31.2. The standard InChI is InChI=1S/C29H19N/c1-17-10-13-24-22-8-4-5-9-23(22)26-16-25-20(15-27(26)29(24)30-17)14-19-12-11-18-6-2-3-7-21(18)28(19)25/h2-13,15-16H,14H2,1H3. The van der Waals surface area contributed by atoms with E-state index >= 15 is 0 Å². The maximum Gasteiger partial charge on any atom is 0.0790 e. The van der Waals surface area contributed by atoms with Gasteiger partial charge in [0.1, 0.15) is 0 Å². The summed E-state index contributed by atoms with van der Waals surface area (Å²) in [7, 11) is 0. The highest BCUT2D eigenvalue weighted by molar-refractivity contribution is 6.25. The average molecular weight is 381 g/mol. The fourth-order valence-corrected chi connectivity index (χ4v) is 5.36. The van der Waals surface area contributed by atoms with E-state index in [1.165, 1.54) is 60.0 Å². The van der Waals surface area contributed by atoms with Crippen molar-refractivity contribution in [3.63, 3.8) is 0 Å². The number of benzene rings is 5. The summed E-state index contributed by atoms with van der Waals surface area (Å²) in [5.74, 6) is 0. The van der Waals surface area contributed by atoms with Crippen LogP contribution in [0.15, 0.2) is 84.9 Å². The molecule has 0 radical (unpaired) electrons. The van der Waals surface area contributed by atoms with E-state index in [-0.39, 0.29) is 0 Å². The van der Waals surface area contributed by atoms with E-state index in [1.807, 2.05) is 0 Å². The Labute approximate surface area is 174 Å². The van der Waals surface area contributed by atoms with Crippen molar-refractivity contribution in [1.82, 2.24) is 4.98 Å². The highest BCUT2D eigenvalue weighted by Crippen LogP contribution is 2.45. The molecule has 1 nitrogen and oxygen atoms in total. The predicted molar refractivity (Wildman–Crippen MR) is 127 cm³/mol. The highest BCUT2D eigenvalue weighted by atomic mass is 14.7. The van der Waals surface area contributed by atoms with E-state index in [0.29, 0.717) is 0 Å². The lowest BCUT2D eigenvalue weighted by atomic mass is 9.92. The summed E-state index contributed by atoms with van der Waals surface area (Å²) in [5, 5.41) is 9.06. The quantitative estimate of drug-likeness (QED) is 0.247. The first-order chi connectivity index (χ1) is 14.8. The van der Waals surface area contributed by atoms with Crippen molar-refractivity contribution < 1.29 is 0 Å². The molecule has 0 saturated carbocycles. The van der Waals surface area contributed by atoms with Crippen LogP contribution in [0.1, 0.15) is 16.8 Å². The molecule has 30 heavy (non-hydrogen) atoms. The molecule has 1 heteroatoms. The molecule has 0 bridgehead atoms. The number of aryl methyl sites for hydroxylation is 1. The van der Waals surface area contributed by atoms with E-state index in [0.717, 1.165) is 17.6 Å². The molecule has 140 valence electrons. The molecule has 0 N–H and O–H groups in total. The maximum absolute atomic E-state index is 4.98. The zero-order valence-corrected chi connectivity index (χ0v) is 16.7. The zero-order valence-electron chi connectivity index (χ0n) is 16.7. The third kappa shape index (κ3) is 2.04. The van der Waals surface area contributed by atoms with Gasteiger partial charge in [-0.2, -0.15) is 0 Å². The second-order valence-electron chi connectivity index (χ2n) is 8.45. The normalized spacial score (nSPS) is 12.7. The fourth-order valence-electron chi connectivity index (χ4n) is 5.36. The zero-order chi connectivity index (χ0) is 19.8. The van der Waals surface area contributed by atoms with Crippen molar-refractivity contribution in [2.75, 3.05) is 0 Å². The summed E-state index contributed by atoms with van der Waals surface area (Å²) in [4.78, 5) is 4.98. The van der Waals surface area contributed by atoms with Gasteiger partial charge in [-0.1, -0.05) is 66.7 Å². The van der Waals surface area contributed by atoms with Crippen molar-refractivity contribution in [3.05, 3.63) is 102 Å². The third-order valence-corrected chi connectivity index (χ3v) is 6.71. The molecule has 1 aliphatic carbocycles. The molecular formula is C29H19N. The number of fused-ring (bicyclic) bond motifs is 11. The van der Waals surface area contributed by atoms with Gasteiger partial charge in [0.2, 0.25) is 0 Å². The minimum atomic E-state index is 0.992. The molecule has 0 unspecified atom stereocenters. The van der Waals surface area contributed by atoms with Crippen LogP contribution < -0.4 is 0 Å². The lowest BCUT2D eigenvalue weighted by Gasteiger charge is -2.13. The van der Waals surface area contributed by atoms with Crippen LogP contribution >= 0.6 is 0 Å². The first-order valence-electron chi connectivity index (χ1n) is 10.5. The van der Waals surface area contributed by atoms with Crippen molar-refractivity contribution in [2.24, 2.45) is 0 Å². The van der Waals surface area contributed by atoms with E-state index < -0.39 is 0 Å². The van der Waals surface area contributed by atoms with Crippen molar-refractivity contribution in [1.29, 1.82) is 0 Å². The molecular weight excluding hydrogens is 362 g/mol. The topological polar surface area (TPSA) is 12.9 Å². The van der Waals surface area contributed by atoms with E-state index in [9.17, 15) is 0 Å². The van der Waals surface area contributed by atoms with Crippen LogP contribution in [0.2, 0.25) is 0 Å². The van der Waals surface area contributed by atoms with Crippen molar-refractivity contribution in [3.8, 4) is 11.1 Å². The van der Waals surface area contributed by atoms with Crippen LogP contribution in [0.5, 0.6) is 0 Å². The maximum atomic E-state index is 4.98. The van der Waals surface area contributed by atoms with Gasteiger partial charge in [0.05, 0.1) is 5.52 Å². The van der Waals surface area contributed by atoms with E-state index in [2.05, 4.69) is 91.9 Å². The Hall–Kier alpha value is -3.71. The van der Waals surface area contributed by atoms with Gasteiger partial charge in [-0.25, -0.2) is 0 Å². The van der Waals surface area contributed by atoms with Gasteiger partial charge in [-0.3, -0.25) is 4.98 Å². The molecule has 0 saturated heterocycles. The Kier molecular flexibility index (Phi) is 3.05. The third-order valence-electron chi connectivity index (χ3n) is 6.71. The molecule has 0 amide bonds. The van der Waals surface area contributed by atoms with Gasteiger partial charge < -0.3 is 0 Å². The van der Waals surface area contributed by atoms with Gasteiger partial charge in [0.15, 0.2) is 0 Å². The molecule has 6 aromatic rings. The molecule has 0 atom stereocenters. The minimum absolute atomic E-state index is 0.992. The monoisotopic (exact) mass is 381 g/mol. The molecule has 1 aromatic heterocycles. The summed E-state index contributed by atoms with van der Waals surface area (Å²) in [6.07, 6.45) is 0.992. The Bertz CT molecular complexity index is 1670. The number of rotatable bonds is 0. The average Bonchev–Trinajstić information content (AvgIpc) is 3.16. The number of pyridine rings is 1. The number of aromatic nitrogens is 1. The van der Waals surface area contributed by atoms with Gasteiger partial charge in [0.25, 0.3) is 0 Å². The number of hydrogen-bond donors (Lipinski definition) is 0. The highest BCUT2D eigenvalue weighted by Gasteiger charge is 2.23. The molecule has 0 fully saturated rings. The molecule has 0 aliphatic heterocycles. The summed E-state index contributed by atoms with van der Waals surface area (Å²) < 4.78 is 0. The Morgan fingerprint density at radius 3 is 2.23 bits per heavy atom. The van der Waals surface area contributed by atoms with E-state index in [1.54, 1.807) is 0 Å². The Balaban J connectivity index is 1.68. The molecule has 5 aromatic carbocycles. The van der Waals surface area contributed by atoms with E-state index in [4.69, 9.17) is 4.98 Å². The van der Waals surface area contributed by atoms with Gasteiger partial charge >= 0.3 is 0 Å². The van der Waals surface area contributed by atoms with Crippen LogP contribution in [0.4, 0.5) is 0 Å². The SMILES string of the molecule is Cc1ccc2c3ccccc3c3cc4c(cc3c2n1)Cc1ccc2ccccc2c1-4. The molecule has 0 spiro atoms. The molecule has 1 aliphatic rings. The Morgan fingerprint density at radius 2 is 1.37 bits per heavy atom. The van der Waals surface area contributed by atoms with Crippen LogP contribution in [-0.4, -0.2) is 4.98 Å². The number of nitrogens with zero attached hydrogens (tertiary/aromatic N) is 1. The van der Waals surface area contributed by atoms with Crippen LogP contribution in [0, 0.1) is 6.92 Å². The van der Waals surface area contributed by atoms with Gasteiger partial charge in [-0.05, 0) is 80.7 Å². The first kappa shape index (κ1) is 16.1. The smallest absolute Gasteiger partial charge is 0.0790 e. The van der Waals surface area contributed by atoms with Gasteiger partial charge in [0, 0.05) is 16.5 Å². The van der Waals surface area contributed by atoms with Gasteiger partial charge in [-0.15, -0.1) is 0 Å². The fraction of sp³-hybridized carbons (Fsp3) is 0.0690. The first-order valence-corrected chi connectivity index (χ1v) is 10.5. The number of hydrogen-bond acceptors (Lipinski definition) is 1. The lowest BCUT2D eigenvalue weighted by molar-refractivity contribution is 1.26. The second-order valence-corrected chi connectivity index (χ2v) is 8.45. The summed E-state index contributed by atoms with van der Waals surface area (Å²) >= 11 is 0. The van der Waals surface area contributed by atoms with Crippen molar-refractivity contribution in [2.45, 2.75) is 13.3 Å². The molecule has 1 heterocycles. The van der Waals surface area contributed by atoms with Crippen molar-refractivity contribution >= 4 is 43.2 Å². The Morgan fingerprint density at radius 1 is 0.600 bits per heavy atom. The van der Waals surface area contributed by atoms with Crippen LogP contribution in [0.3, 0.4) is 0 Å². The second kappa shape index (κ2) is 5.67. The summed E-state index contributed by atoms with van der Waals surface area (Å²) in [5.41, 5.74) is 7.81. The predicted octanol–water partition coefficient (Wildman–Crippen LogP) is 7.57. The molecule has 7 rings (SSSR count).